The lowest BCUT2D eigenvalue weighted by atomic mass is 10.2. The molecule has 0 aliphatic carbocycles. The van der Waals surface area contributed by atoms with Crippen LogP contribution in [0, 0.1) is 13.8 Å². The van der Waals surface area contributed by atoms with E-state index in [1.807, 2.05) is 39.0 Å². The highest BCUT2D eigenvalue weighted by Crippen LogP contribution is 2.13. The third-order valence-corrected chi connectivity index (χ3v) is 4.07. The molecule has 1 aromatic heterocycles. The van der Waals surface area contributed by atoms with Gasteiger partial charge in [-0.25, -0.2) is 4.79 Å². The van der Waals surface area contributed by atoms with Gasteiger partial charge in [0.1, 0.15) is 0 Å². The first-order chi connectivity index (χ1) is 13.4. The number of para-hydroxylation sites is 1. The predicted molar refractivity (Wildman–Crippen MR) is 106 cm³/mol. The lowest BCUT2D eigenvalue weighted by Gasteiger charge is -2.21. The van der Waals surface area contributed by atoms with Crippen molar-refractivity contribution in [1.82, 2.24) is 9.88 Å². The van der Waals surface area contributed by atoms with Crippen molar-refractivity contribution in [1.29, 1.82) is 0 Å². The Morgan fingerprint density at radius 1 is 1.11 bits per heavy atom. The van der Waals surface area contributed by atoms with Gasteiger partial charge >= 0.3 is 5.97 Å². The number of amides is 2. The fourth-order valence-corrected chi connectivity index (χ4v) is 2.53. The number of aryl methyl sites for hydroxylation is 2. The summed E-state index contributed by atoms with van der Waals surface area (Å²) in [5.41, 5.74) is 2.69. The van der Waals surface area contributed by atoms with Gasteiger partial charge in [0.2, 0.25) is 5.91 Å². The molecule has 0 radical (unpaired) electrons. The van der Waals surface area contributed by atoms with E-state index in [-0.39, 0.29) is 18.0 Å². The molecule has 2 amide bonds. The molecule has 0 bridgehead atoms. The molecule has 0 atom stereocenters. The van der Waals surface area contributed by atoms with E-state index in [0.717, 1.165) is 11.3 Å². The predicted octanol–water partition coefficient (Wildman–Crippen LogP) is 2.73. The van der Waals surface area contributed by atoms with Crippen LogP contribution in [0.2, 0.25) is 0 Å². The van der Waals surface area contributed by atoms with Gasteiger partial charge in [-0.05, 0) is 44.0 Å². The zero-order valence-corrected chi connectivity index (χ0v) is 16.4. The van der Waals surface area contributed by atoms with E-state index in [2.05, 4.69) is 10.3 Å². The van der Waals surface area contributed by atoms with Crippen molar-refractivity contribution in [3.63, 3.8) is 0 Å². The van der Waals surface area contributed by atoms with Crippen LogP contribution in [0.1, 0.15) is 35.0 Å². The zero-order chi connectivity index (χ0) is 20.5. The van der Waals surface area contributed by atoms with E-state index in [9.17, 15) is 14.4 Å². The lowest BCUT2D eigenvalue weighted by Crippen LogP contribution is -2.40. The number of nitrogens with one attached hydrogen (secondary N) is 1. The topological polar surface area (TPSA) is 88.6 Å². The molecular formula is C21H25N3O4. The van der Waals surface area contributed by atoms with Crippen molar-refractivity contribution in [2.75, 3.05) is 25.0 Å². The maximum absolute atomic E-state index is 12.4. The van der Waals surface area contributed by atoms with Gasteiger partial charge in [0, 0.05) is 24.1 Å². The average molecular weight is 383 g/mol. The van der Waals surface area contributed by atoms with E-state index in [4.69, 9.17) is 4.74 Å². The summed E-state index contributed by atoms with van der Waals surface area (Å²) in [6.45, 7) is 5.47. The summed E-state index contributed by atoms with van der Waals surface area (Å²) < 4.78 is 5.07. The SMILES string of the molecule is CCCN(CC(=O)Nc1ccccc1C)C(=O)COC(=O)c1ccc(C)nc1. The van der Waals surface area contributed by atoms with Crippen molar-refractivity contribution in [2.24, 2.45) is 0 Å². The van der Waals surface area contributed by atoms with Crippen molar-refractivity contribution >= 4 is 23.5 Å². The van der Waals surface area contributed by atoms with Crippen LogP contribution >= 0.6 is 0 Å². The van der Waals surface area contributed by atoms with E-state index in [0.29, 0.717) is 18.7 Å². The highest BCUT2D eigenvalue weighted by molar-refractivity contribution is 5.96. The van der Waals surface area contributed by atoms with E-state index in [1.165, 1.54) is 11.1 Å². The Labute approximate surface area is 164 Å². The summed E-state index contributed by atoms with van der Waals surface area (Å²) in [6, 6.07) is 10.7. The summed E-state index contributed by atoms with van der Waals surface area (Å²) in [5.74, 6) is -1.35. The Bertz CT molecular complexity index is 834. The Balaban J connectivity index is 1.91. The average Bonchev–Trinajstić information content (AvgIpc) is 2.68. The molecule has 0 saturated heterocycles. The van der Waals surface area contributed by atoms with Crippen LogP contribution in [0.5, 0.6) is 0 Å². The summed E-state index contributed by atoms with van der Waals surface area (Å²) in [5, 5.41) is 2.80. The Hall–Kier alpha value is -3.22. The molecule has 2 rings (SSSR count). The smallest absolute Gasteiger partial charge is 0.340 e. The van der Waals surface area contributed by atoms with Crippen LogP contribution in [-0.2, 0) is 14.3 Å². The summed E-state index contributed by atoms with van der Waals surface area (Å²) in [7, 11) is 0. The third kappa shape index (κ3) is 6.19. The van der Waals surface area contributed by atoms with Crippen molar-refractivity contribution in [2.45, 2.75) is 27.2 Å². The molecule has 0 fully saturated rings. The number of ether oxygens (including phenoxy) is 1. The largest absolute Gasteiger partial charge is 0.452 e. The maximum Gasteiger partial charge on any atom is 0.340 e. The Kier molecular flexibility index (Phi) is 7.68. The minimum absolute atomic E-state index is 0.107. The molecule has 28 heavy (non-hydrogen) atoms. The summed E-state index contributed by atoms with van der Waals surface area (Å²) in [6.07, 6.45) is 2.08. The first-order valence-electron chi connectivity index (χ1n) is 9.13. The molecule has 2 aromatic rings. The number of pyridine rings is 1. The van der Waals surface area contributed by atoms with Crippen LogP contribution in [0.25, 0.3) is 0 Å². The quantitative estimate of drug-likeness (QED) is 0.708. The summed E-state index contributed by atoms with van der Waals surface area (Å²) >= 11 is 0. The highest BCUT2D eigenvalue weighted by Gasteiger charge is 2.19. The van der Waals surface area contributed by atoms with E-state index in [1.54, 1.807) is 18.2 Å². The first-order valence-corrected chi connectivity index (χ1v) is 9.13. The molecule has 0 aliphatic heterocycles. The number of hydrogen-bond acceptors (Lipinski definition) is 5. The second kappa shape index (κ2) is 10.2. The van der Waals surface area contributed by atoms with Gasteiger partial charge in [0.15, 0.2) is 6.61 Å². The normalized spacial score (nSPS) is 10.2. The van der Waals surface area contributed by atoms with Crippen molar-refractivity contribution < 1.29 is 19.1 Å². The van der Waals surface area contributed by atoms with Crippen LogP contribution in [0.4, 0.5) is 5.69 Å². The van der Waals surface area contributed by atoms with E-state index >= 15 is 0 Å². The summed E-state index contributed by atoms with van der Waals surface area (Å²) in [4.78, 5) is 42.2. The van der Waals surface area contributed by atoms with Gasteiger partial charge in [-0.1, -0.05) is 25.1 Å². The molecular weight excluding hydrogens is 358 g/mol. The van der Waals surface area contributed by atoms with Crippen LogP contribution in [0.15, 0.2) is 42.6 Å². The van der Waals surface area contributed by atoms with Gasteiger partial charge in [-0.3, -0.25) is 14.6 Å². The number of anilines is 1. The van der Waals surface area contributed by atoms with Gasteiger partial charge in [0.25, 0.3) is 5.91 Å². The van der Waals surface area contributed by atoms with E-state index < -0.39 is 18.5 Å². The Morgan fingerprint density at radius 2 is 1.86 bits per heavy atom. The van der Waals surface area contributed by atoms with Crippen LogP contribution in [0.3, 0.4) is 0 Å². The molecule has 148 valence electrons. The second-order valence-corrected chi connectivity index (χ2v) is 6.44. The van der Waals surface area contributed by atoms with Gasteiger partial charge in [-0.15, -0.1) is 0 Å². The number of aromatic nitrogens is 1. The minimum Gasteiger partial charge on any atom is -0.452 e. The molecule has 1 aromatic carbocycles. The zero-order valence-electron chi connectivity index (χ0n) is 16.4. The number of carbonyl (C=O) groups is 3. The number of esters is 1. The molecule has 7 heteroatoms. The molecule has 0 spiro atoms. The number of rotatable bonds is 8. The van der Waals surface area contributed by atoms with Crippen LogP contribution < -0.4 is 5.32 Å². The fourth-order valence-electron chi connectivity index (χ4n) is 2.53. The standard InChI is InChI=1S/C21H25N3O4/c1-4-11-24(13-19(25)23-18-8-6-5-7-15(18)2)20(26)14-28-21(27)17-10-9-16(3)22-12-17/h5-10,12H,4,11,13-14H2,1-3H3,(H,23,25). The number of benzene rings is 1. The van der Waals surface area contributed by atoms with Gasteiger partial charge in [0.05, 0.1) is 12.1 Å². The number of hydrogen-bond donors (Lipinski definition) is 1. The second-order valence-electron chi connectivity index (χ2n) is 6.44. The van der Waals surface area contributed by atoms with Crippen molar-refractivity contribution in [3.05, 3.63) is 59.4 Å². The molecule has 0 saturated carbocycles. The molecule has 0 unspecified atom stereocenters. The van der Waals surface area contributed by atoms with Gasteiger partial charge < -0.3 is 15.0 Å². The maximum atomic E-state index is 12.4. The van der Waals surface area contributed by atoms with Crippen LogP contribution in [-0.4, -0.2) is 47.4 Å². The molecule has 1 N–H and O–H groups in total. The Morgan fingerprint density at radius 3 is 2.50 bits per heavy atom. The molecule has 1 heterocycles. The molecule has 0 aliphatic rings. The third-order valence-electron chi connectivity index (χ3n) is 4.07. The minimum atomic E-state index is -0.623. The monoisotopic (exact) mass is 383 g/mol. The molecule has 7 nitrogen and oxygen atoms in total. The van der Waals surface area contributed by atoms with Gasteiger partial charge in [-0.2, -0.15) is 0 Å². The number of carbonyl (C=O) groups excluding carboxylic acids is 3. The highest BCUT2D eigenvalue weighted by atomic mass is 16.5. The lowest BCUT2D eigenvalue weighted by molar-refractivity contribution is -0.137. The number of nitrogens with zero attached hydrogens (tertiary/aromatic N) is 2. The van der Waals surface area contributed by atoms with Crippen molar-refractivity contribution in [3.8, 4) is 0 Å². The fraction of sp³-hybridized carbons (Fsp3) is 0.333. The first kappa shape index (κ1) is 21.1.